The van der Waals surface area contributed by atoms with Crippen molar-refractivity contribution in [3.05, 3.63) is 24.3 Å². The largest absolute Gasteiger partial charge is 0.365 e. The smallest absolute Gasteiger partial charge is 0.358 e. The normalized spacial score (nSPS) is 19.7. The number of hydroxylamine groups is 2. The standard InChI is InChI=1S/C18H17N3O9/c22-12-1-2-13(23)19(12)8-7-11(9-20-14(24)3-4-15(20)25)29-10-18(28)30-21-16(26)5-6-17(21)27/h1-4,11H,5-10H2. The first-order valence-electron chi connectivity index (χ1n) is 9.01. The predicted molar refractivity (Wildman–Crippen MR) is 93.3 cm³/mol. The Labute approximate surface area is 169 Å². The fourth-order valence-electron chi connectivity index (χ4n) is 2.94. The highest BCUT2D eigenvalue weighted by molar-refractivity contribution is 6.13. The van der Waals surface area contributed by atoms with Crippen LogP contribution in [0.5, 0.6) is 0 Å². The van der Waals surface area contributed by atoms with Crippen LogP contribution in [0.2, 0.25) is 0 Å². The summed E-state index contributed by atoms with van der Waals surface area (Å²) >= 11 is 0. The molecule has 1 fully saturated rings. The van der Waals surface area contributed by atoms with Crippen molar-refractivity contribution in [2.24, 2.45) is 0 Å². The maximum atomic E-state index is 11.9. The number of hydrogen-bond acceptors (Lipinski definition) is 9. The zero-order chi connectivity index (χ0) is 21.8. The van der Waals surface area contributed by atoms with Crippen molar-refractivity contribution < 1.29 is 43.1 Å². The van der Waals surface area contributed by atoms with Crippen molar-refractivity contribution in [1.29, 1.82) is 0 Å². The molecule has 3 rings (SSSR count). The van der Waals surface area contributed by atoms with E-state index < -0.39 is 54.1 Å². The summed E-state index contributed by atoms with van der Waals surface area (Å²) < 4.78 is 5.41. The molecule has 3 aliphatic rings. The lowest BCUT2D eigenvalue weighted by molar-refractivity contribution is -0.201. The summed E-state index contributed by atoms with van der Waals surface area (Å²) in [6, 6.07) is 0. The van der Waals surface area contributed by atoms with E-state index in [1.807, 2.05) is 0 Å². The lowest BCUT2D eigenvalue weighted by atomic mass is 10.2. The number of carbonyl (C=O) groups excluding carboxylic acids is 7. The Kier molecular flexibility index (Phi) is 6.16. The van der Waals surface area contributed by atoms with Gasteiger partial charge in [-0.3, -0.25) is 38.6 Å². The van der Waals surface area contributed by atoms with Crippen LogP contribution in [0.25, 0.3) is 0 Å². The molecule has 0 saturated carbocycles. The van der Waals surface area contributed by atoms with E-state index in [1.165, 1.54) is 0 Å². The maximum absolute atomic E-state index is 11.9. The first-order chi connectivity index (χ1) is 14.3. The van der Waals surface area contributed by atoms with Crippen molar-refractivity contribution in [3.8, 4) is 0 Å². The minimum absolute atomic E-state index is 0.0189. The Balaban J connectivity index is 1.58. The number of ether oxygens (including phenoxy) is 1. The molecule has 3 aliphatic heterocycles. The second-order valence-electron chi connectivity index (χ2n) is 6.55. The van der Waals surface area contributed by atoms with Gasteiger partial charge in [0.05, 0.1) is 12.6 Å². The van der Waals surface area contributed by atoms with Crippen molar-refractivity contribution in [1.82, 2.24) is 14.9 Å². The minimum Gasteiger partial charge on any atom is -0.365 e. The van der Waals surface area contributed by atoms with Crippen LogP contribution in [0.1, 0.15) is 19.3 Å². The Hall–Kier alpha value is -3.67. The molecule has 1 saturated heterocycles. The Morgan fingerprint density at radius 2 is 1.33 bits per heavy atom. The van der Waals surface area contributed by atoms with Gasteiger partial charge in [-0.25, -0.2) is 4.79 Å². The summed E-state index contributed by atoms with van der Waals surface area (Å²) in [6.45, 7) is -0.994. The number of nitrogens with zero attached hydrogens (tertiary/aromatic N) is 3. The molecule has 0 bridgehead atoms. The molecule has 3 heterocycles. The van der Waals surface area contributed by atoms with E-state index in [4.69, 9.17) is 9.57 Å². The molecule has 0 aromatic rings. The van der Waals surface area contributed by atoms with E-state index in [2.05, 4.69) is 0 Å². The van der Waals surface area contributed by atoms with Crippen LogP contribution in [0.4, 0.5) is 0 Å². The van der Waals surface area contributed by atoms with Gasteiger partial charge in [0.25, 0.3) is 35.4 Å². The summed E-state index contributed by atoms with van der Waals surface area (Å²) in [5.74, 6) is -4.50. The number of carbonyl (C=O) groups is 7. The van der Waals surface area contributed by atoms with Gasteiger partial charge in [-0.15, -0.1) is 5.06 Å². The molecular formula is C18H17N3O9. The number of rotatable bonds is 9. The number of hydrogen-bond donors (Lipinski definition) is 0. The number of imide groups is 3. The molecule has 158 valence electrons. The Morgan fingerprint density at radius 1 is 0.833 bits per heavy atom. The molecule has 0 N–H and O–H groups in total. The topological polar surface area (TPSA) is 148 Å². The zero-order valence-corrected chi connectivity index (χ0v) is 15.6. The fraction of sp³-hybridized carbons (Fsp3) is 0.389. The minimum atomic E-state index is -1.03. The van der Waals surface area contributed by atoms with Crippen molar-refractivity contribution >= 4 is 41.4 Å². The summed E-state index contributed by atoms with van der Waals surface area (Å²) in [4.78, 5) is 88.4. The fourth-order valence-corrected chi connectivity index (χ4v) is 2.94. The summed E-state index contributed by atoms with van der Waals surface area (Å²) in [6.07, 6.45) is 3.35. The lowest BCUT2D eigenvalue weighted by Crippen LogP contribution is -2.42. The van der Waals surface area contributed by atoms with Gasteiger partial charge in [-0.05, 0) is 6.42 Å². The molecule has 12 heteroatoms. The van der Waals surface area contributed by atoms with Crippen LogP contribution >= 0.6 is 0 Å². The molecule has 1 unspecified atom stereocenters. The predicted octanol–water partition coefficient (Wildman–Crippen LogP) is -1.78. The highest BCUT2D eigenvalue weighted by atomic mass is 16.7. The van der Waals surface area contributed by atoms with Crippen LogP contribution in [0.15, 0.2) is 24.3 Å². The highest BCUT2D eigenvalue weighted by Crippen LogP contribution is 2.14. The molecule has 0 spiro atoms. The van der Waals surface area contributed by atoms with Crippen molar-refractivity contribution in [3.63, 3.8) is 0 Å². The van der Waals surface area contributed by atoms with Crippen molar-refractivity contribution in [2.75, 3.05) is 19.7 Å². The van der Waals surface area contributed by atoms with Gasteiger partial charge in [-0.1, -0.05) is 0 Å². The SMILES string of the molecule is O=C(COC(CCN1C(=O)C=CC1=O)CN1C(=O)C=CC1=O)ON1C(=O)CCC1=O. The summed E-state index contributed by atoms with van der Waals surface area (Å²) in [7, 11) is 0. The molecule has 6 amide bonds. The molecule has 30 heavy (non-hydrogen) atoms. The molecule has 0 aromatic heterocycles. The molecule has 1 atom stereocenters. The lowest BCUT2D eigenvalue weighted by Gasteiger charge is -2.24. The highest BCUT2D eigenvalue weighted by Gasteiger charge is 2.34. The third-order valence-electron chi connectivity index (χ3n) is 4.50. The van der Waals surface area contributed by atoms with Crippen LogP contribution in [-0.2, 0) is 43.1 Å². The maximum Gasteiger partial charge on any atom is 0.358 e. The molecular weight excluding hydrogens is 402 g/mol. The van der Waals surface area contributed by atoms with Gasteiger partial charge in [0.2, 0.25) is 0 Å². The third-order valence-corrected chi connectivity index (χ3v) is 4.50. The molecule has 0 aromatic carbocycles. The summed E-state index contributed by atoms with van der Waals surface area (Å²) in [5, 5.41) is 0.366. The van der Waals surface area contributed by atoms with E-state index in [-0.39, 0.29) is 32.4 Å². The molecule has 0 radical (unpaired) electrons. The van der Waals surface area contributed by atoms with Crippen molar-refractivity contribution in [2.45, 2.75) is 25.4 Å². The van der Waals surface area contributed by atoms with E-state index >= 15 is 0 Å². The monoisotopic (exact) mass is 419 g/mol. The second-order valence-corrected chi connectivity index (χ2v) is 6.55. The average Bonchev–Trinajstić information content (AvgIpc) is 3.31. The van der Waals surface area contributed by atoms with Gasteiger partial charge in [-0.2, -0.15) is 0 Å². The first-order valence-corrected chi connectivity index (χ1v) is 9.01. The third kappa shape index (κ3) is 4.66. The van der Waals surface area contributed by atoms with Gasteiger partial charge in [0.1, 0.15) is 6.61 Å². The average molecular weight is 419 g/mol. The van der Waals surface area contributed by atoms with Gasteiger partial charge in [0.15, 0.2) is 0 Å². The Morgan fingerprint density at radius 3 is 1.87 bits per heavy atom. The second kappa shape index (κ2) is 8.78. The van der Waals surface area contributed by atoms with Crippen LogP contribution in [0.3, 0.4) is 0 Å². The van der Waals surface area contributed by atoms with Crippen LogP contribution in [-0.4, -0.2) is 82.1 Å². The first kappa shape index (κ1) is 21.0. The van der Waals surface area contributed by atoms with Gasteiger partial charge < -0.3 is 9.57 Å². The molecule has 0 aliphatic carbocycles. The van der Waals surface area contributed by atoms with E-state index in [1.54, 1.807) is 0 Å². The number of amides is 6. The summed E-state index contributed by atoms with van der Waals surface area (Å²) in [5.41, 5.74) is 0. The van der Waals surface area contributed by atoms with Gasteiger partial charge in [0, 0.05) is 43.7 Å². The van der Waals surface area contributed by atoms with E-state index in [0.717, 1.165) is 34.1 Å². The van der Waals surface area contributed by atoms with Crippen LogP contribution < -0.4 is 0 Å². The Bertz CT molecular complexity index is 839. The zero-order valence-electron chi connectivity index (χ0n) is 15.6. The van der Waals surface area contributed by atoms with E-state index in [0.29, 0.717) is 5.06 Å². The van der Waals surface area contributed by atoms with Gasteiger partial charge >= 0.3 is 5.97 Å². The molecule has 12 nitrogen and oxygen atoms in total. The quantitative estimate of drug-likeness (QED) is 0.396. The van der Waals surface area contributed by atoms with Crippen LogP contribution in [0, 0.1) is 0 Å². The van der Waals surface area contributed by atoms with E-state index in [9.17, 15) is 33.6 Å².